The van der Waals surface area contributed by atoms with Crippen molar-refractivity contribution in [3.05, 3.63) is 89.0 Å². The molecule has 1 atom stereocenters. The lowest BCUT2D eigenvalue weighted by Gasteiger charge is -2.21. The second-order valence-electron chi connectivity index (χ2n) is 8.65. The fourth-order valence-electron chi connectivity index (χ4n) is 4.21. The number of aryl methyl sites for hydroxylation is 2. The van der Waals surface area contributed by atoms with Gasteiger partial charge in [-0.2, -0.15) is 0 Å². The van der Waals surface area contributed by atoms with Gasteiger partial charge in [-0.25, -0.2) is 9.37 Å². The molecule has 0 fully saturated rings. The predicted molar refractivity (Wildman–Crippen MR) is 134 cm³/mol. The molecule has 6 heteroatoms. The number of nitrogens with one attached hydrogen (secondary N) is 1. The topological polar surface area (TPSA) is 56.1 Å². The van der Waals surface area contributed by atoms with E-state index in [2.05, 4.69) is 42.8 Å². The van der Waals surface area contributed by atoms with Crippen molar-refractivity contribution in [3.8, 4) is 5.75 Å². The van der Waals surface area contributed by atoms with Crippen molar-refractivity contribution in [2.45, 2.75) is 46.1 Å². The summed E-state index contributed by atoms with van der Waals surface area (Å²) in [4.78, 5) is 18.5. The highest BCUT2D eigenvalue weighted by molar-refractivity contribution is 5.95. The van der Waals surface area contributed by atoms with Gasteiger partial charge in [-0.15, -0.1) is 0 Å². The van der Waals surface area contributed by atoms with Crippen molar-refractivity contribution in [1.29, 1.82) is 0 Å². The molecule has 0 spiro atoms. The minimum Gasteiger partial charge on any atom is -0.497 e. The number of hydrogen-bond acceptors (Lipinski definition) is 3. The van der Waals surface area contributed by atoms with Crippen LogP contribution in [0.15, 0.2) is 60.7 Å². The third kappa shape index (κ3) is 4.96. The van der Waals surface area contributed by atoms with Crippen molar-refractivity contribution < 1.29 is 13.9 Å². The van der Waals surface area contributed by atoms with E-state index in [0.29, 0.717) is 18.5 Å². The number of methoxy groups -OCH3 is 1. The van der Waals surface area contributed by atoms with Gasteiger partial charge < -0.3 is 14.6 Å². The summed E-state index contributed by atoms with van der Waals surface area (Å²) in [6.45, 7) is 6.20. The summed E-state index contributed by atoms with van der Waals surface area (Å²) in [7, 11) is 1.61. The maximum Gasteiger partial charge on any atom is 0.247 e. The molecule has 0 aliphatic rings. The van der Waals surface area contributed by atoms with Crippen LogP contribution in [0.1, 0.15) is 48.3 Å². The Morgan fingerprint density at radius 3 is 2.38 bits per heavy atom. The SMILES string of the molecule is CCCC(C(=O)Nc1ccc(OC)cc1)n1c(Cc2ccc(F)cc2)nc2cc(C)c(C)cc21. The van der Waals surface area contributed by atoms with E-state index in [4.69, 9.17) is 9.72 Å². The number of benzene rings is 3. The molecule has 3 aromatic carbocycles. The van der Waals surface area contributed by atoms with Crippen LogP contribution in [-0.4, -0.2) is 22.6 Å². The maximum absolute atomic E-state index is 13.6. The second kappa shape index (κ2) is 10.1. The number of ether oxygens (including phenoxy) is 1. The molecule has 0 radical (unpaired) electrons. The van der Waals surface area contributed by atoms with Crippen LogP contribution in [-0.2, 0) is 11.2 Å². The summed E-state index contributed by atoms with van der Waals surface area (Å²) in [6.07, 6.45) is 2.00. The summed E-state index contributed by atoms with van der Waals surface area (Å²) < 4.78 is 20.8. The molecule has 0 saturated heterocycles. The summed E-state index contributed by atoms with van der Waals surface area (Å²) in [5.74, 6) is 1.15. The van der Waals surface area contributed by atoms with Crippen molar-refractivity contribution in [2.24, 2.45) is 0 Å². The van der Waals surface area contributed by atoms with E-state index in [0.717, 1.165) is 45.7 Å². The Labute approximate surface area is 199 Å². The highest BCUT2D eigenvalue weighted by atomic mass is 19.1. The molecule has 176 valence electrons. The van der Waals surface area contributed by atoms with Crippen LogP contribution in [0.4, 0.5) is 10.1 Å². The number of amides is 1. The van der Waals surface area contributed by atoms with Gasteiger partial charge in [-0.05, 0) is 85.5 Å². The van der Waals surface area contributed by atoms with Gasteiger partial charge in [0.05, 0.1) is 18.1 Å². The Kier molecular flexibility index (Phi) is 6.96. The average molecular weight is 460 g/mol. The van der Waals surface area contributed by atoms with E-state index in [1.807, 2.05) is 24.3 Å². The number of rotatable bonds is 8. The van der Waals surface area contributed by atoms with Gasteiger partial charge in [0.2, 0.25) is 5.91 Å². The molecule has 4 rings (SSSR count). The number of carbonyl (C=O) groups excluding carboxylic acids is 1. The van der Waals surface area contributed by atoms with Crippen LogP contribution < -0.4 is 10.1 Å². The normalized spacial score (nSPS) is 12.0. The first-order chi connectivity index (χ1) is 16.4. The number of carbonyl (C=O) groups is 1. The van der Waals surface area contributed by atoms with Gasteiger partial charge in [0.25, 0.3) is 0 Å². The Balaban J connectivity index is 1.77. The Morgan fingerprint density at radius 1 is 1.06 bits per heavy atom. The smallest absolute Gasteiger partial charge is 0.247 e. The first kappa shape index (κ1) is 23.5. The minimum absolute atomic E-state index is 0.0927. The number of halogens is 1. The molecule has 1 unspecified atom stereocenters. The number of anilines is 1. The molecule has 34 heavy (non-hydrogen) atoms. The Bertz CT molecular complexity index is 1290. The number of fused-ring (bicyclic) bond motifs is 1. The molecule has 1 heterocycles. The van der Waals surface area contributed by atoms with Gasteiger partial charge in [0, 0.05) is 12.1 Å². The number of nitrogens with zero attached hydrogens (tertiary/aromatic N) is 2. The molecular weight excluding hydrogens is 429 g/mol. The van der Waals surface area contributed by atoms with Crippen molar-refractivity contribution in [2.75, 3.05) is 12.4 Å². The Hall–Kier alpha value is -3.67. The molecule has 1 aromatic heterocycles. The molecule has 1 N–H and O–H groups in total. The predicted octanol–water partition coefficient (Wildman–Crippen LogP) is 6.37. The van der Waals surface area contributed by atoms with E-state index in [-0.39, 0.29) is 11.7 Å². The van der Waals surface area contributed by atoms with Crippen LogP contribution in [0.25, 0.3) is 11.0 Å². The van der Waals surface area contributed by atoms with E-state index in [9.17, 15) is 9.18 Å². The van der Waals surface area contributed by atoms with Crippen molar-refractivity contribution in [1.82, 2.24) is 9.55 Å². The zero-order valence-corrected chi connectivity index (χ0v) is 20.1. The zero-order chi connectivity index (χ0) is 24.2. The molecule has 4 aromatic rings. The van der Waals surface area contributed by atoms with Gasteiger partial charge in [-0.1, -0.05) is 25.5 Å². The lowest BCUT2D eigenvalue weighted by molar-refractivity contribution is -0.119. The lowest BCUT2D eigenvalue weighted by atomic mass is 10.1. The molecule has 0 saturated carbocycles. The maximum atomic E-state index is 13.6. The summed E-state index contributed by atoms with van der Waals surface area (Å²) in [6, 6.07) is 17.5. The van der Waals surface area contributed by atoms with Gasteiger partial charge in [-0.3, -0.25) is 4.79 Å². The summed E-state index contributed by atoms with van der Waals surface area (Å²) >= 11 is 0. The van der Waals surface area contributed by atoms with Crippen molar-refractivity contribution >= 4 is 22.6 Å². The fraction of sp³-hybridized carbons (Fsp3) is 0.286. The van der Waals surface area contributed by atoms with Crippen LogP contribution in [0.3, 0.4) is 0 Å². The van der Waals surface area contributed by atoms with E-state index >= 15 is 0 Å². The van der Waals surface area contributed by atoms with Crippen LogP contribution in [0.5, 0.6) is 5.75 Å². The number of imidazole rings is 1. The highest BCUT2D eigenvalue weighted by Crippen LogP contribution is 2.29. The van der Waals surface area contributed by atoms with Crippen molar-refractivity contribution in [3.63, 3.8) is 0 Å². The molecular formula is C28H30FN3O2. The minimum atomic E-state index is -0.436. The Morgan fingerprint density at radius 2 is 1.74 bits per heavy atom. The quantitative estimate of drug-likeness (QED) is 0.333. The van der Waals surface area contributed by atoms with E-state index in [1.54, 1.807) is 19.2 Å². The summed E-state index contributed by atoms with van der Waals surface area (Å²) in [5.41, 5.74) is 5.75. The second-order valence-corrected chi connectivity index (χ2v) is 8.65. The summed E-state index contributed by atoms with van der Waals surface area (Å²) in [5, 5.41) is 3.06. The zero-order valence-electron chi connectivity index (χ0n) is 20.1. The largest absolute Gasteiger partial charge is 0.497 e. The molecule has 1 amide bonds. The fourth-order valence-corrected chi connectivity index (χ4v) is 4.21. The van der Waals surface area contributed by atoms with E-state index in [1.165, 1.54) is 12.1 Å². The molecule has 0 bridgehead atoms. The lowest BCUT2D eigenvalue weighted by Crippen LogP contribution is -2.27. The third-order valence-corrected chi connectivity index (χ3v) is 6.19. The molecule has 5 nitrogen and oxygen atoms in total. The standard InChI is InChI=1S/C28H30FN3O2/c1-5-6-25(28(33)30-22-11-13-23(34-4)14-12-22)32-26-16-19(3)18(2)15-24(26)31-27(32)17-20-7-9-21(29)10-8-20/h7-16,25H,5-6,17H2,1-4H3,(H,30,33). The van der Waals surface area contributed by atoms with Gasteiger partial charge in [0.15, 0.2) is 0 Å². The van der Waals surface area contributed by atoms with Crippen LogP contribution in [0.2, 0.25) is 0 Å². The monoisotopic (exact) mass is 459 g/mol. The number of hydrogen-bond donors (Lipinski definition) is 1. The van der Waals surface area contributed by atoms with Crippen LogP contribution in [0, 0.1) is 19.7 Å². The molecule has 0 aliphatic heterocycles. The highest BCUT2D eigenvalue weighted by Gasteiger charge is 2.26. The first-order valence-electron chi connectivity index (χ1n) is 11.6. The third-order valence-electron chi connectivity index (χ3n) is 6.19. The molecule has 0 aliphatic carbocycles. The van der Waals surface area contributed by atoms with Crippen LogP contribution >= 0.6 is 0 Å². The van der Waals surface area contributed by atoms with Gasteiger partial charge >= 0.3 is 0 Å². The van der Waals surface area contributed by atoms with E-state index < -0.39 is 6.04 Å². The first-order valence-corrected chi connectivity index (χ1v) is 11.6. The average Bonchev–Trinajstić information content (AvgIpc) is 3.15. The van der Waals surface area contributed by atoms with Gasteiger partial charge in [0.1, 0.15) is 23.4 Å². The number of aromatic nitrogens is 2.